The Morgan fingerprint density at radius 2 is 1.91 bits per heavy atom. The molecule has 0 saturated heterocycles. The van der Waals surface area contributed by atoms with Gasteiger partial charge in [-0.15, -0.1) is 0 Å². The number of hydrogen-bond donors (Lipinski definition) is 2. The second-order valence-corrected chi connectivity index (χ2v) is 5.35. The van der Waals surface area contributed by atoms with Crippen LogP contribution < -0.4 is 10.6 Å². The van der Waals surface area contributed by atoms with Crippen LogP contribution in [0.2, 0.25) is 0 Å². The summed E-state index contributed by atoms with van der Waals surface area (Å²) >= 11 is 0. The van der Waals surface area contributed by atoms with Gasteiger partial charge in [0.05, 0.1) is 6.54 Å². The summed E-state index contributed by atoms with van der Waals surface area (Å²) in [5.41, 5.74) is 2.59. The molecule has 0 radical (unpaired) electrons. The average molecular weight is 301 g/mol. The van der Waals surface area contributed by atoms with Crippen LogP contribution in [0, 0.1) is 6.92 Å². The average Bonchev–Trinajstić information content (AvgIpc) is 2.94. The molecule has 0 saturated carbocycles. The largest absolute Gasteiger partial charge is 0.352 e. The highest BCUT2D eigenvalue weighted by Crippen LogP contribution is 2.19. The number of rotatable bonds is 5. The molecule has 0 fully saturated rings. The Balaban J connectivity index is 1.97. The standard InChI is InChI=1S/C16H19N3O3/c1-10(2)18-15(20)9-17-16(21)14-8-13(19-22-14)12-6-4-11(3)5-7-12/h4-8,10H,9H2,1-3H3,(H,17,21)(H,18,20). The van der Waals surface area contributed by atoms with Gasteiger partial charge in [-0.2, -0.15) is 0 Å². The molecule has 6 heteroatoms. The van der Waals surface area contributed by atoms with E-state index in [2.05, 4.69) is 15.8 Å². The van der Waals surface area contributed by atoms with Crippen molar-refractivity contribution in [1.82, 2.24) is 15.8 Å². The van der Waals surface area contributed by atoms with Gasteiger partial charge in [-0.05, 0) is 20.8 Å². The third kappa shape index (κ3) is 4.18. The van der Waals surface area contributed by atoms with Crippen LogP contribution >= 0.6 is 0 Å². The molecule has 6 nitrogen and oxygen atoms in total. The van der Waals surface area contributed by atoms with Crippen LogP contribution in [-0.2, 0) is 4.79 Å². The highest BCUT2D eigenvalue weighted by atomic mass is 16.5. The van der Waals surface area contributed by atoms with E-state index < -0.39 is 5.91 Å². The predicted octanol–water partition coefficient (Wildman–Crippen LogP) is 1.90. The van der Waals surface area contributed by atoms with E-state index in [1.54, 1.807) is 6.07 Å². The smallest absolute Gasteiger partial charge is 0.290 e. The van der Waals surface area contributed by atoms with Gasteiger partial charge in [0.25, 0.3) is 5.91 Å². The maximum Gasteiger partial charge on any atom is 0.290 e. The second-order valence-electron chi connectivity index (χ2n) is 5.35. The number of nitrogens with one attached hydrogen (secondary N) is 2. The molecule has 2 N–H and O–H groups in total. The highest BCUT2D eigenvalue weighted by Gasteiger charge is 2.15. The van der Waals surface area contributed by atoms with Crippen molar-refractivity contribution in [2.45, 2.75) is 26.8 Å². The number of benzene rings is 1. The van der Waals surface area contributed by atoms with Crippen molar-refractivity contribution in [3.8, 4) is 11.3 Å². The first-order valence-corrected chi connectivity index (χ1v) is 7.07. The third-order valence-corrected chi connectivity index (χ3v) is 2.94. The molecule has 2 rings (SSSR count). The zero-order chi connectivity index (χ0) is 16.1. The Bertz CT molecular complexity index is 660. The molecule has 116 valence electrons. The van der Waals surface area contributed by atoms with Crippen molar-refractivity contribution in [1.29, 1.82) is 0 Å². The lowest BCUT2D eigenvalue weighted by Gasteiger charge is -2.08. The molecule has 0 atom stereocenters. The summed E-state index contributed by atoms with van der Waals surface area (Å²) in [6, 6.07) is 9.32. The number of aryl methyl sites for hydroxylation is 1. The Labute approximate surface area is 128 Å². The Hall–Kier alpha value is -2.63. The van der Waals surface area contributed by atoms with Gasteiger partial charge in [-0.1, -0.05) is 35.0 Å². The second kappa shape index (κ2) is 6.89. The van der Waals surface area contributed by atoms with Crippen molar-refractivity contribution >= 4 is 11.8 Å². The molecule has 2 aromatic rings. The molecule has 1 aromatic carbocycles. The number of hydrogen-bond acceptors (Lipinski definition) is 4. The normalized spacial score (nSPS) is 10.5. The molecule has 0 aliphatic heterocycles. The monoisotopic (exact) mass is 301 g/mol. The lowest BCUT2D eigenvalue weighted by atomic mass is 10.1. The number of aromatic nitrogens is 1. The van der Waals surface area contributed by atoms with E-state index in [1.165, 1.54) is 0 Å². The van der Waals surface area contributed by atoms with Gasteiger partial charge < -0.3 is 15.2 Å². The lowest BCUT2D eigenvalue weighted by Crippen LogP contribution is -2.39. The van der Waals surface area contributed by atoms with Gasteiger partial charge in [0.2, 0.25) is 11.7 Å². The number of amides is 2. The summed E-state index contributed by atoms with van der Waals surface area (Å²) in [7, 11) is 0. The fourth-order valence-corrected chi connectivity index (χ4v) is 1.86. The van der Waals surface area contributed by atoms with Crippen molar-refractivity contribution in [2.75, 3.05) is 6.54 Å². The minimum absolute atomic E-state index is 0.0304. The van der Waals surface area contributed by atoms with Gasteiger partial charge in [0, 0.05) is 17.7 Å². The molecule has 0 unspecified atom stereocenters. The zero-order valence-corrected chi connectivity index (χ0v) is 12.8. The molecule has 0 aliphatic carbocycles. The van der Waals surface area contributed by atoms with Crippen LogP contribution in [0.1, 0.15) is 30.0 Å². The summed E-state index contributed by atoms with van der Waals surface area (Å²) < 4.78 is 5.03. The van der Waals surface area contributed by atoms with Crippen LogP contribution in [-0.4, -0.2) is 29.6 Å². The van der Waals surface area contributed by atoms with E-state index in [-0.39, 0.29) is 24.3 Å². The Morgan fingerprint density at radius 1 is 1.23 bits per heavy atom. The van der Waals surface area contributed by atoms with E-state index in [9.17, 15) is 9.59 Å². The molecule has 22 heavy (non-hydrogen) atoms. The molecule has 1 heterocycles. The Morgan fingerprint density at radius 3 is 2.55 bits per heavy atom. The molecule has 0 bridgehead atoms. The van der Waals surface area contributed by atoms with Gasteiger partial charge in [-0.3, -0.25) is 9.59 Å². The summed E-state index contributed by atoms with van der Waals surface area (Å²) in [5.74, 6) is -0.640. The number of carbonyl (C=O) groups excluding carboxylic acids is 2. The molecular weight excluding hydrogens is 282 g/mol. The number of carbonyl (C=O) groups is 2. The van der Waals surface area contributed by atoms with Crippen molar-refractivity contribution in [3.05, 3.63) is 41.7 Å². The van der Waals surface area contributed by atoms with Crippen LogP contribution in [0.4, 0.5) is 0 Å². The van der Waals surface area contributed by atoms with Crippen molar-refractivity contribution in [3.63, 3.8) is 0 Å². The summed E-state index contributed by atoms with van der Waals surface area (Å²) in [6.07, 6.45) is 0. The summed E-state index contributed by atoms with van der Waals surface area (Å²) in [4.78, 5) is 23.4. The quantitative estimate of drug-likeness (QED) is 0.883. The summed E-state index contributed by atoms with van der Waals surface area (Å²) in [5, 5.41) is 9.06. The maximum atomic E-state index is 11.9. The van der Waals surface area contributed by atoms with E-state index >= 15 is 0 Å². The van der Waals surface area contributed by atoms with Crippen molar-refractivity contribution in [2.24, 2.45) is 0 Å². The van der Waals surface area contributed by atoms with Crippen molar-refractivity contribution < 1.29 is 14.1 Å². The van der Waals surface area contributed by atoms with E-state index in [0.717, 1.165) is 11.1 Å². The van der Waals surface area contributed by atoms with E-state index in [4.69, 9.17) is 4.52 Å². The topological polar surface area (TPSA) is 84.2 Å². The van der Waals surface area contributed by atoms with Gasteiger partial charge in [-0.25, -0.2) is 0 Å². The van der Waals surface area contributed by atoms with E-state index in [0.29, 0.717) is 5.69 Å². The SMILES string of the molecule is Cc1ccc(-c2cc(C(=O)NCC(=O)NC(C)C)on2)cc1. The lowest BCUT2D eigenvalue weighted by molar-refractivity contribution is -0.120. The van der Waals surface area contributed by atoms with Crippen LogP contribution in [0.5, 0.6) is 0 Å². The first-order chi connectivity index (χ1) is 10.5. The molecule has 2 amide bonds. The first-order valence-electron chi connectivity index (χ1n) is 7.07. The minimum atomic E-state index is -0.468. The third-order valence-electron chi connectivity index (χ3n) is 2.94. The van der Waals surface area contributed by atoms with Gasteiger partial charge in [0.1, 0.15) is 5.69 Å². The molecule has 1 aromatic heterocycles. The molecule has 0 spiro atoms. The number of nitrogens with zero attached hydrogens (tertiary/aromatic N) is 1. The summed E-state index contributed by atoms with van der Waals surface area (Å²) in [6.45, 7) is 5.60. The van der Waals surface area contributed by atoms with Gasteiger partial charge >= 0.3 is 0 Å². The zero-order valence-electron chi connectivity index (χ0n) is 12.8. The molecular formula is C16H19N3O3. The predicted molar refractivity (Wildman–Crippen MR) is 82.3 cm³/mol. The minimum Gasteiger partial charge on any atom is -0.352 e. The van der Waals surface area contributed by atoms with Gasteiger partial charge in [0.15, 0.2) is 0 Å². The van der Waals surface area contributed by atoms with E-state index in [1.807, 2.05) is 45.0 Å². The fraction of sp³-hybridized carbons (Fsp3) is 0.312. The maximum absolute atomic E-state index is 11.9. The first kappa shape index (κ1) is 15.8. The van der Waals surface area contributed by atoms with Crippen LogP contribution in [0.25, 0.3) is 11.3 Å². The molecule has 0 aliphatic rings. The fourth-order valence-electron chi connectivity index (χ4n) is 1.86. The highest BCUT2D eigenvalue weighted by molar-refractivity contribution is 5.94. The Kier molecular flexibility index (Phi) is 4.93. The van der Waals surface area contributed by atoms with Crippen LogP contribution in [0.3, 0.4) is 0 Å². The van der Waals surface area contributed by atoms with Crippen LogP contribution in [0.15, 0.2) is 34.9 Å².